The summed E-state index contributed by atoms with van der Waals surface area (Å²) in [5.74, 6) is -1.57. The molecule has 2 rings (SSSR count). The molecule has 12 heteroatoms. The van der Waals surface area contributed by atoms with Crippen molar-refractivity contribution in [1.29, 1.82) is 0 Å². The van der Waals surface area contributed by atoms with Crippen LogP contribution in [0.2, 0.25) is 0 Å². The lowest BCUT2D eigenvalue weighted by atomic mass is 9.87. The number of carbonyl (C=O) groups is 1. The van der Waals surface area contributed by atoms with Crippen LogP contribution in [0, 0.1) is 5.92 Å². The second-order valence-corrected chi connectivity index (χ2v) is 7.95. The Labute approximate surface area is 173 Å². The van der Waals surface area contributed by atoms with Crippen molar-refractivity contribution in [3.05, 3.63) is 0 Å². The first-order chi connectivity index (χ1) is 14.0. The lowest BCUT2D eigenvalue weighted by Gasteiger charge is -2.45. The van der Waals surface area contributed by atoms with Gasteiger partial charge in [0, 0.05) is 6.42 Å². The molecule has 10 unspecified atom stereocenters. The third-order valence-corrected chi connectivity index (χ3v) is 5.75. The molecule has 0 aliphatic carbocycles. The van der Waals surface area contributed by atoms with Crippen LogP contribution in [0.25, 0.3) is 0 Å². The maximum absolute atomic E-state index is 11.9. The molecule has 2 aliphatic heterocycles. The summed E-state index contributed by atoms with van der Waals surface area (Å²) in [5, 5.41) is 79.1. The van der Waals surface area contributed by atoms with Gasteiger partial charge in [0.05, 0.1) is 30.8 Å². The molecule has 30 heavy (non-hydrogen) atoms. The van der Waals surface area contributed by atoms with Gasteiger partial charge in [-0.05, 0) is 13.8 Å². The van der Waals surface area contributed by atoms with E-state index in [1.54, 1.807) is 0 Å². The van der Waals surface area contributed by atoms with Gasteiger partial charge in [0.1, 0.15) is 55.4 Å². The highest BCUT2D eigenvalue weighted by molar-refractivity contribution is 5.72. The molecule has 0 aromatic carbocycles. The number of aliphatic hydroxyl groups is 8. The molecular weight excluding hydrogens is 408 g/mol. The predicted molar refractivity (Wildman–Crippen MR) is 96.9 cm³/mol. The highest BCUT2D eigenvalue weighted by Crippen LogP contribution is 2.30. The smallest absolute Gasteiger partial charge is 0.311 e. The van der Waals surface area contributed by atoms with E-state index in [0.717, 1.165) is 0 Å². The first kappa shape index (κ1) is 25.3. The Hall–Kier alpha value is -0.930. The first-order valence-corrected chi connectivity index (χ1v) is 9.84. The second kappa shape index (κ2) is 10.6. The predicted octanol–water partition coefficient (Wildman–Crippen LogP) is -4.37. The fourth-order valence-corrected chi connectivity index (χ4v) is 3.46. The number of esters is 1. The summed E-state index contributed by atoms with van der Waals surface area (Å²) < 4.78 is 16.0. The van der Waals surface area contributed by atoms with Gasteiger partial charge in [-0.25, -0.2) is 0 Å². The number of hydrogen-bond acceptors (Lipinski definition) is 12. The minimum absolute atomic E-state index is 0.263. The highest BCUT2D eigenvalue weighted by Gasteiger charge is 2.49. The minimum atomic E-state index is -1.66. The van der Waals surface area contributed by atoms with Crippen LogP contribution in [-0.2, 0) is 19.0 Å². The van der Waals surface area contributed by atoms with Crippen molar-refractivity contribution in [3.63, 3.8) is 0 Å². The Morgan fingerprint density at radius 1 is 0.800 bits per heavy atom. The van der Waals surface area contributed by atoms with Crippen LogP contribution in [0.1, 0.15) is 20.3 Å². The molecule has 2 fully saturated rings. The Bertz CT molecular complexity index is 557. The van der Waals surface area contributed by atoms with Gasteiger partial charge in [0.2, 0.25) is 0 Å². The van der Waals surface area contributed by atoms with E-state index >= 15 is 0 Å². The van der Waals surface area contributed by atoms with Gasteiger partial charge >= 0.3 is 5.97 Å². The zero-order chi connectivity index (χ0) is 22.7. The van der Waals surface area contributed by atoms with Gasteiger partial charge < -0.3 is 55.1 Å². The molecule has 2 saturated heterocycles. The molecule has 0 aromatic heterocycles. The molecule has 0 saturated carbocycles. The summed E-state index contributed by atoms with van der Waals surface area (Å²) in [5.41, 5.74) is 0. The number of rotatable bonds is 7. The molecule has 12 nitrogen and oxygen atoms in total. The van der Waals surface area contributed by atoms with Gasteiger partial charge in [-0.3, -0.25) is 4.79 Å². The molecule has 12 atom stereocenters. The standard InChI is InChI=1S/C18H32O12/c1-6(7(2)20)18(27)28-5-11-15(24)17(26)13(22)9(30-11)3-8-12(21)16(25)14(23)10(4-19)29-8/h6-17,19-26H,3-5H2,1-2H3/t6-,7-,8?,9?,10?,11?,12?,13?,14?,15?,16?,17?/m1/s1. The fourth-order valence-electron chi connectivity index (χ4n) is 3.46. The topological polar surface area (TPSA) is 207 Å². The molecule has 0 radical (unpaired) electrons. The van der Waals surface area contributed by atoms with E-state index < -0.39 is 92.2 Å². The average molecular weight is 440 g/mol. The summed E-state index contributed by atoms with van der Waals surface area (Å²) in [6.45, 7) is 1.77. The van der Waals surface area contributed by atoms with Crippen LogP contribution < -0.4 is 0 Å². The third-order valence-electron chi connectivity index (χ3n) is 5.75. The SMILES string of the molecule is C[C@@H](O)[C@@H](C)C(=O)OCC1OC(CC2OC(CO)C(O)C(O)C2O)C(O)C(O)C1O. The molecule has 0 spiro atoms. The zero-order valence-corrected chi connectivity index (χ0v) is 16.8. The number of aliphatic hydroxyl groups excluding tert-OH is 8. The van der Waals surface area contributed by atoms with Crippen LogP contribution in [0.4, 0.5) is 0 Å². The Morgan fingerprint density at radius 3 is 1.70 bits per heavy atom. The maximum Gasteiger partial charge on any atom is 0.311 e. The minimum Gasteiger partial charge on any atom is -0.463 e. The third kappa shape index (κ3) is 5.46. The van der Waals surface area contributed by atoms with Crippen LogP contribution >= 0.6 is 0 Å². The largest absolute Gasteiger partial charge is 0.463 e. The van der Waals surface area contributed by atoms with E-state index in [2.05, 4.69) is 0 Å². The Balaban J connectivity index is 2.04. The van der Waals surface area contributed by atoms with Crippen LogP contribution in [0.3, 0.4) is 0 Å². The van der Waals surface area contributed by atoms with Crippen LogP contribution in [0.15, 0.2) is 0 Å². The highest BCUT2D eigenvalue weighted by atomic mass is 16.6. The van der Waals surface area contributed by atoms with E-state index in [-0.39, 0.29) is 6.42 Å². The normalized spacial score (nSPS) is 44.3. The Kier molecular flexibility index (Phi) is 8.94. The molecule has 2 heterocycles. The van der Waals surface area contributed by atoms with E-state index in [0.29, 0.717) is 0 Å². The summed E-state index contributed by atoms with van der Waals surface area (Å²) in [6.07, 6.45) is -15.5. The van der Waals surface area contributed by atoms with Crippen molar-refractivity contribution in [3.8, 4) is 0 Å². The number of ether oxygens (including phenoxy) is 3. The first-order valence-electron chi connectivity index (χ1n) is 9.84. The van der Waals surface area contributed by atoms with Crippen molar-refractivity contribution in [2.75, 3.05) is 13.2 Å². The van der Waals surface area contributed by atoms with Crippen molar-refractivity contribution in [1.82, 2.24) is 0 Å². The lowest BCUT2D eigenvalue weighted by molar-refractivity contribution is -0.263. The Morgan fingerprint density at radius 2 is 1.23 bits per heavy atom. The van der Waals surface area contributed by atoms with Gasteiger partial charge in [0.15, 0.2) is 0 Å². The van der Waals surface area contributed by atoms with Gasteiger partial charge in [-0.15, -0.1) is 0 Å². The fraction of sp³-hybridized carbons (Fsp3) is 0.944. The van der Waals surface area contributed by atoms with E-state index in [1.165, 1.54) is 13.8 Å². The maximum atomic E-state index is 11.9. The quantitative estimate of drug-likeness (QED) is 0.177. The van der Waals surface area contributed by atoms with Crippen molar-refractivity contribution < 1.29 is 59.9 Å². The van der Waals surface area contributed by atoms with Gasteiger partial charge in [0.25, 0.3) is 0 Å². The number of hydrogen-bond donors (Lipinski definition) is 8. The van der Waals surface area contributed by atoms with Crippen LogP contribution in [0.5, 0.6) is 0 Å². The molecule has 2 aliphatic rings. The average Bonchev–Trinajstić information content (AvgIpc) is 2.72. The van der Waals surface area contributed by atoms with Crippen LogP contribution in [-0.4, -0.2) is 127 Å². The summed E-state index contributed by atoms with van der Waals surface area (Å²) in [4.78, 5) is 11.9. The van der Waals surface area contributed by atoms with Gasteiger partial charge in [-0.1, -0.05) is 0 Å². The lowest BCUT2D eigenvalue weighted by Crippen LogP contribution is -2.62. The molecular formula is C18H32O12. The van der Waals surface area contributed by atoms with E-state index in [4.69, 9.17) is 14.2 Å². The van der Waals surface area contributed by atoms with Crippen molar-refractivity contribution in [2.45, 2.75) is 87.4 Å². The molecule has 176 valence electrons. The monoisotopic (exact) mass is 440 g/mol. The number of carbonyl (C=O) groups excluding carboxylic acids is 1. The molecule has 0 amide bonds. The molecule has 0 aromatic rings. The second-order valence-electron chi connectivity index (χ2n) is 7.95. The molecule has 0 bridgehead atoms. The van der Waals surface area contributed by atoms with Gasteiger partial charge in [-0.2, -0.15) is 0 Å². The van der Waals surface area contributed by atoms with E-state index in [1.807, 2.05) is 0 Å². The summed E-state index contributed by atoms with van der Waals surface area (Å²) in [7, 11) is 0. The summed E-state index contributed by atoms with van der Waals surface area (Å²) in [6, 6.07) is 0. The summed E-state index contributed by atoms with van der Waals surface area (Å²) >= 11 is 0. The van der Waals surface area contributed by atoms with Crippen molar-refractivity contribution in [2.24, 2.45) is 5.92 Å². The van der Waals surface area contributed by atoms with Crippen molar-refractivity contribution >= 4 is 5.97 Å². The zero-order valence-electron chi connectivity index (χ0n) is 16.8. The van der Waals surface area contributed by atoms with E-state index in [9.17, 15) is 45.6 Å². The molecule has 8 N–H and O–H groups in total.